The largest absolute Gasteiger partial charge is 0.495 e. The minimum Gasteiger partial charge on any atom is -0.495 e. The summed E-state index contributed by atoms with van der Waals surface area (Å²) in [5.74, 6) is 2.03. The van der Waals surface area contributed by atoms with Crippen molar-refractivity contribution in [2.45, 2.75) is 0 Å². The highest BCUT2D eigenvalue weighted by Gasteiger charge is 2.22. The maximum absolute atomic E-state index is 6.08. The molecule has 3 aromatic rings. The standard InChI is InChI=1S/C17H21N7O/c1-22-16-12(11-19-22)15(18)20-17(21-16)24-9-7-23(8-10-24)13-5-3-4-6-14(13)25-2/h3-6,11H,7-10H2,1-2H3,(H2,18,20,21). The van der Waals surface area contributed by atoms with Crippen LogP contribution in [0, 0.1) is 0 Å². The molecule has 4 rings (SSSR count). The van der Waals surface area contributed by atoms with Gasteiger partial charge in [-0.05, 0) is 12.1 Å². The number of ether oxygens (including phenoxy) is 1. The number of anilines is 3. The molecule has 0 bridgehead atoms. The number of methoxy groups -OCH3 is 1. The van der Waals surface area contributed by atoms with E-state index < -0.39 is 0 Å². The Morgan fingerprint density at radius 3 is 2.52 bits per heavy atom. The molecule has 2 N–H and O–H groups in total. The van der Waals surface area contributed by atoms with Crippen LogP contribution >= 0.6 is 0 Å². The number of aryl methyl sites for hydroxylation is 1. The van der Waals surface area contributed by atoms with E-state index in [0.29, 0.717) is 11.8 Å². The van der Waals surface area contributed by atoms with E-state index in [9.17, 15) is 0 Å². The molecule has 0 unspecified atom stereocenters. The Labute approximate surface area is 145 Å². The second-order valence-corrected chi connectivity index (χ2v) is 6.06. The van der Waals surface area contributed by atoms with Gasteiger partial charge in [-0.1, -0.05) is 12.1 Å². The SMILES string of the molecule is COc1ccccc1N1CCN(c2nc(N)c3cnn(C)c3n2)CC1. The van der Waals surface area contributed by atoms with Crippen LogP contribution in [0.15, 0.2) is 30.5 Å². The van der Waals surface area contributed by atoms with Crippen LogP contribution in [-0.4, -0.2) is 53.0 Å². The quantitative estimate of drug-likeness (QED) is 0.769. The van der Waals surface area contributed by atoms with Crippen molar-refractivity contribution in [3.05, 3.63) is 30.5 Å². The number of hydrogen-bond acceptors (Lipinski definition) is 7. The maximum atomic E-state index is 6.08. The molecular formula is C17H21N7O. The predicted octanol–water partition coefficient (Wildman–Crippen LogP) is 1.28. The summed E-state index contributed by atoms with van der Waals surface area (Å²) in [7, 11) is 3.56. The molecule has 1 aliphatic rings. The van der Waals surface area contributed by atoms with Gasteiger partial charge < -0.3 is 20.3 Å². The van der Waals surface area contributed by atoms with Crippen molar-refractivity contribution in [1.29, 1.82) is 0 Å². The highest BCUT2D eigenvalue weighted by atomic mass is 16.5. The second kappa shape index (κ2) is 6.12. The highest BCUT2D eigenvalue weighted by molar-refractivity contribution is 5.86. The first-order valence-electron chi connectivity index (χ1n) is 8.25. The first-order chi connectivity index (χ1) is 12.2. The predicted molar refractivity (Wildman–Crippen MR) is 98.1 cm³/mol. The molecule has 0 aliphatic carbocycles. The molecule has 3 heterocycles. The van der Waals surface area contributed by atoms with Crippen molar-refractivity contribution in [2.75, 3.05) is 48.8 Å². The van der Waals surface area contributed by atoms with Crippen molar-refractivity contribution in [3.63, 3.8) is 0 Å². The third-order valence-electron chi connectivity index (χ3n) is 4.60. The van der Waals surface area contributed by atoms with E-state index in [0.717, 1.165) is 48.6 Å². The maximum Gasteiger partial charge on any atom is 0.229 e. The number of piperazine rings is 1. The molecule has 0 radical (unpaired) electrons. The Balaban J connectivity index is 1.55. The van der Waals surface area contributed by atoms with Gasteiger partial charge in [0.25, 0.3) is 0 Å². The molecule has 25 heavy (non-hydrogen) atoms. The van der Waals surface area contributed by atoms with E-state index in [1.54, 1.807) is 18.0 Å². The van der Waals surface area contributed by atoms with E-state index in [-0.39, 0.29) is 0 Å². The van der Waals surface area contributed by atoms with Crippen molar-refractivity contribution in [1.82, 2.24) is 19.7 Å². The third kappa shape index (κ3) is 2.69. The Bertz CT molecular complexity index is 899. The van der Waals surface area contributed by atoms with Crippen LogP contribution in [0.25, 0.3) is 11.0 Å². The summed E-state index contributed by atoms with van der Waals surface area (Å²) in [5, 5.41) is 5.00. The van der Waals surface area contributed by atoms with Gasteiger partial charge in [-0.2, -0.15) is 15.1 Å². The van der Waals surface area contributed by atoms with Crippen molar-refractivity contribution in [2.24, 2.45) is 7.05 Å². The zero-order valence-corrected chi connectivity index (χ0v) is 14.4. The lowest BCUT2D eigenvalue weighted by atomic mass is 10.2. The van der Waals surface area contributed by atoms with Crippen molar-refractivity contribution >= 4 is 28.5 Å². The summed E-state index contributed by atoms with van der Waals surface area (Å²) in [5.41, 5.74) is 7.95. The number of benzene rings is 1. The molecule has 1 fully saturated rings. The lowest BCUT2D eigenvalue weighted by molar-refractivity contribution is 0.413. The van der Waals surface area contributed by atoms with Crippen LogP contribution in [-0.2, 0) is 7.05 Å². The molecule has 2 aromatic heterocycles. The van der Waals surface area contributed by atoms with E-state index in [4.69, 9.17) is 10.5 Å². The van der Waals surface area contributed by atoms with Crippen molar-refractivity contribution < 1.29 is 4.74 Å². The van der Waals surface area contributed by atoms with Crippen LogP contribution in [0.3, 0.4) is 0 Å². The molecule has 130 valence electrons. The Hall–Kier alpha value is -3.03. The average Bonchev–Trinajstić information content (AvgIpc) is 3.03. The number of nitrogens with two attached hydrogens (primary N) is 1. The molecule has 8 nitrogen and oxygen atoms in total. The van der Waals surface area contributed by atoms with E-state index in [1.165, 1.54) is 0 Å². The highest BCUT2D eigenvalue weighted by Crippen LogP contribution is 2.29. The lowest BCUT2D eigenvalue weighted by Crippen LogP contribution is -2.47. The molecule has 8 heteroatoms. The van der Waals surface area contributed by atoms with Gasteiger partial charge in [-0.3, -0.25) is 4.68 Å². The van der Waals surface area contributed by atoms with Gasteiger partial charge in [0.1, 0.15) is 11.6 Å². The zero-order chi connectivity index (χ0) is 17.4. The molecule has 0 atom stereocenters. The van der Waals surface area contributed by atoms with Gasteiger partial charge in [0, 0.05) is 33.2 Å². The zero-order valence-electron chi connectivity index (χ0n) is 14.4. The molecule has 0 spiro atoms. The van der Waals surface area contributed by atoms with E-state index in [2.05, 4.69) is 30.9 Å². The van der Waals surface area contributed by atoms with E-state index in [1.807, 2.05) is 25.2 Å². The van der Waals surface area contributed by atoms with Crippen LogP contribution in [0.2, 0.25) is 0 Å². The van der Waals surface area contributed by atoms with Crippen LogP contribution in [0.1, 0.15) is 0 Å². The monoisotopic (exact) mass is 339 g/mol. The number of aromatic nitrogens is 4. The summed E-state index contributed by atoms with van der Waals surface area (Å²) in [6, 6.07) is 8.09. The third-order valence-corrected chi connectivity index (χ3v) is 4.60. The summed E-state index contributed by atoms with van der Waals surface area (Å²) >= 11 is 0. The fraction of sp³-hybridized carbons (Fsp3) is 0.353. The molecule has 1 aliphatic heterocycles. The lowest BCUT2D eigenvalue weighted by Gasteiger charge is -2.36. The number of fused-ring (bicyclic) bond motifs is 1. The van der Waals surface area contributed by atoms with Gasteiger partial charge in [0.05, 0.1) is 24.4 Å². The summed E-state index contributed by atoms with van der Waals surface area (Å²) in [4.78, 5) is 13.6. The topological polar surface area (TPSA) is 85.3 Å². The molecule has 0 amide bonds. The number of hydrogen-bond donors (Lipinski definition) is 1. The minimum atomic E-state index is 0.472. The average molecular weight is 339 g/mol. The molecular weight excluding hydrogens is 318 g/mol. The Kier molecular flexibility index (Phi) is 3.79. The first-order valence-corrected chi connectivity index (χ1v) is 8.25. The van der Waals surface area contributed by atoms with Crippen LogP contribution in [0.5, 0.6) is 5.75 Å². The first kappa shape index (κ1) is 15.5. The minimum absolute atomic E-state index is 0.472. The Morgan fingerprint density at radius 2 is 1.76 bits per heavy atom. The molecule has 0 saturated carbocycles. The Morgan fingerprint density at radius 1 is 1.04 bits per heavy atom. The summed E-state index contributed by atoms with van der Waals surface area (Å²) < 4.78 is 7.20. The number of nitrogens with zero attached hydrogens (tertiary/aromatic N) is 6. The number of para-hydroxylation sites is 2. The van der Waals surface area contributed by atoms with Gasteiger partial charge in [-0.25, -0.2) is 0 Å². The summed E-state index contributed by atoms with van der Waals surface area (Å²) in [6.45, 7) is 3.38. The van der Waals surface area contributed by atoms with Crippen LogP contribution in [0.4, 0.5) is 17.5 Å². The fourth-order valence-corrected chi connectivity index (χ4v) is 3.21. The summed E-state index contributed by atoms with van der Waals surface area (Å²) in [6.07, 6.45) is 1.70. The van der Waals surface area contributed by atoms with Gasteiger partial charge in [0.2, 0.25) is 5.95 Å². The number of nitrogen functional groups attached to an aromatic ring is 1. The van der Waals surface area contributed by atoms with Gasteiger partial charge in [0.15, 0.2) is 5.65 Å². The second-order valence-electron chi connectivity index (χ2n) is 6.06. The van der Waals surface area contributed by atoms with Crippen molar-refractivity contribution in [3.8, 4) is 5.75 Å². The molecule has 1 saturated heterocycles. The van der Waals surface area contributed by atoms with Crippen LogP contribution < -0.4 is 20.3 Å². The number of rotatable bonds is 3. The smallest absolute Gasteiger partial charge is 0.229 e. The normalized spacial score (nSPS) is 15.0. The molecule has 1 aromatic carbocycles. The van der Waals surface area contributed by atoms with Gasteiger partial charge >= 0.3 is 0 Å². The van der Waals surface area contributed by atoms with Gasteiger partial charge in [-0.15, -0.1) is 0 Å². The fourth-order valence-electron chi connectivity index (χ4n) is 3.21. The van der Waals surface area contributed by atoms with E-state index >= 15 is 0 Å².